The van der Waals surface area contributed by atoms with Crippen molar-refractivity contribution in [2.45, 2.75) is 19.6 Å². The number of carbonyl (C=O) groups is 1. The summed E-state index contributed by atoms with van der Waals surface area (Å²) in [7, 11) is -8.04. The second-order valence-electron chi connectivity index (χ2n) is 5.77. The predicted molar refractivity (Wildman–Crippen MR) is 93.7 cm³/mol. The van der Waals surface area contributed by atoms with Crippen molar-refractivity contribution in [3.63, 3.8) is 0 Å². The van der Waals surface area contributed by atoms with E-state index in [2.05, 4.69) is 0 Å². The number of ketones is 1. The van der Waals surface area contributed by atoms with E-state index in [4.69, 9.17) is 0 Å². The summed E-state index contributed by atoms with van der Waals surface area (Å²) >= 11 is 0. The van der Waals surface area contributed by atoms with Gasteiger partial charge in [0, 0.05) is 5.56 Å². The standard InChI is InChI=1S/C19H12O5S2/c20-19-14-9-4-5-10-15(14)26(23,24)17-12-6-11-16(18(17)19)25(21,22)13-7-2-1-3-8-13/h1-12H. The van der Waals surface area contributed by atoms with Gasteiger partial charge >= 0.3 is 0 Å². The molecule has 7 heteroatoms. The first-order valence-electron chi connectivity index (χ1n) is 7.67. The lowest BCUT2D eigenvalue weighted by Crippen LogP contribution is -2.23. The van der Waals surface area contributed by atoms with Crippen molar-refractivity contribution >= 4 is 25.5 Å². The van der Waals surface area contributed by atoms with Gasteiger partial charge in [-0.25, -0.2) is 16.8 Å². The summed E-state index contributed by atoms with van der Waals surface area (Å²) < 4.78 is 51.9. The van der Waals surface area contributed by atoms with Crippen LogP contribution in [-0.2, 0) is 19.7 Å². The highest BCUT2D eigenvalue weighted by atomic mass is 32.2. The maximum absolute atomic E-state index is 13.0. The highest BCUT2D eigenvalue weighted by Gasteiger charge is 2.38. The molecule has 0 unspecified atom stereocenters. The fraction of sp³-hybridized carbons (Fsp3) is 0. The van der Waals surface area contributed by atoms with Crippen molar-refractivity contribution < 1.29 is 21.6 Å². The molecule has 0 saturated heterocycles. The number of fused-ring (bicyclic) bond motifs is 2. The maximum atomic E-state index is 13.0. The average Bonchev–Trinajstić information content (AvgIpc) is 2.66. The zero-order chi connectivity index (χ0) is 18.5. The van der Waals surface area contributed by atoms with Crippen LogP contribution in [0.2, 0.25) is 0 Å². The summed E-state index contributed by atoms with van der Waals surface area (Å²) in [5.74, 6) is -0.611. The minimum atomic E-state index is -4.05. The van der Waals surface area contributed by atoms with E-state index < -0.39 is 25.5 Å². The Hall–Kier alpha value is -2.77. The Morgan fingerprint density at radius 3 is 2.04 bits per heavy atom. The first-order valence-corrected chi connectivity index (χ1v) is 10.6. The van der Waals surface area contributed by atoms with Gasteiger partial charge in [0.05, 0.1) is 25.1 Å². The average molecular weight is 384 g/mol. The van der Waals surface area contributed by atoms with E-state index in [-0.39, 0.29) is 30.7 Å². The molecule has 26 heavy (non-hydrogen) atoms. The minimum absolute atomic E-state index is 0.00236. The number of hydrogen-bond acceptors (Lipinski definition) is 5. The van der Waals surface area contributed by atoms with Crippen molar-refractivity contribution in [1.82, 2.24) is 0 Å². The Kier molecular flexibility index (Phi) is 3.61. The largest absolute Gasteiger partial charge is 0.288 e. The third-order valence-electron chi connectivity index (χ3n) is 4.27. The van der Waals surface area contributed by atoms with E-state index >= 15 is 0 Å². The molecular formula is C19H12O5S2. The number of benzene rings is 3. The molecule has 0 spiro atoms. The van der Waals surface area contributed by atoms with Crippen molar-refractivity contribution in [3.05, 3.63) is 83.9 Å². The van der Waals surface area contributed by atoms with Gasteiger partial charge in [-0.1, -0.05) is 36.4 Å². The Labute approximate surface area is 150 Å². The quantitative estimate of drug-likeness (QED) is 0.530. The molecule has 1 aliphatic rings. The zero-order valence-corrected chi connectivity index (χ0v) is 14.9. The molecular weight excluding hydrogens is 372 g/mol. The highest BCUT2D eigenvalue weighted by molar-refractivity contribution is 7.92. The van der Waals surface area contributed by atoms with Crippen LogP contribution in [0.5, 0.6) is 0 Å². The van der Waals surface area contributed by atoms with Gasteiger partial charge in [-0.05, 0) is 36.4 Å². The Balaban J connectivity index is 2.07. The van der Waals surface area contributed by atoms with Crippen molar-refractivity contribution in [2.24, 2.45) is 0 Å². The van der Waals surface area contributed by atoms with Gasteiger partial charge in [0.1, 0.15) is 0 Å². The first kappa shape index (κ1) is 16.7. The van der Waals surface area contributed by atoms with Gasteiger partial charge in [0.25, 0.3) is 0 Å². The summed E-state index contributed by atoms with van der Waals surface area (Å²) in [5.41, 5.74) is -0.314. The lowest BCUT2D eigenvalue weighted by atomic mass is 10.0. The molecule has 0 bridgehead atoms. The van der Waals surface area contributed by atoms with Gasteiger partial charge in [-0.15, -0.1) is 0 Å². The van der Waals surface area contributed by atoms with Gasteiger partial charge < -0.3 is 0 Å². The number of carbonyl (C=O) groups excluding carboxylic acids is 1. The SMILES string of the molecule is O=C1c2ccccc2S(=O)(=O)c2cccc(S(=O)(=O)c3ccccc3)c21. The summed E-state index contributed by atoms with van der Waals surface area (Å²) in [6.07, 6.45) is 0. The molecule has 1 heterocycles. The number of rotatable bonds is 2. The predicted octanol–water partition coefficient (Wildman–Crippen LogP) is 2.90. The monoisotopic (exact) mass is 384 g/mol. The second kappa shape index (κ2) is 5.62. The third kappa shape index (κ3) is 2.24. The van der Waals surface area contributed by atoms with Crippen LogP contribution in [0.4, 0.5) is 0 Å². The molecule has 3 aromatic rings. The molecule has 0 atom stereocenters. The van der Waals surface area contributed by atoms with E-state index in [0.717, 1.165) is 0 Å². The molecule has 0 N–H and O–H groups in total. The Bertz CT molecular complexity index is 1260. The molecule has 0 aromatic heterocycles. The number of hydrogen-bond donors (Lipinski definition) is 0. The first-order chi connectivity index (χ1) is 12.3. The Morgan fingerprint density at radius 2 is 1.31 bits per heavy atom. The smallest absolute Gasteiger partial charge is 0.208 e. The van der Waals surface area contributed by atoms with Crippen molar-refractivity contribution in [2.75, 3.05) is 0 Å². The van der Waals surface area contributed by atoms with Crippen LogP contribution >= 0.6 is 0 Å². The molecule has 0 radical (unpaired) electrons. The molecule has 4 rings (SSSR count). The molecule has 0 aliphatic carbocycles. The molecule has 0 saturated carbocycles. The molecule has 0 amide bonds. The highest BCUT2D eigenvalue weighted by Crippen LogP contribution is 2.38. The van der Waals surface area contributed by atoms with Crippen LogP contribution in [-0.4, -0.2) is 22.6 Å². The van der Waals surface area contributed by atoms with Crippen LogP contribution < -0.4 is 0 Å². The molecule has 1 aliphatic heterocycles. The topological polar surface area (TPSA) is 85.3 Å². The fourth-order valence-electron chi connectivity index (χ4n) is 3.05. The fourth-order valence-corrected chi connectivity index (χ4v) is 6.29. The van der Waals surface area contributed by atoms with Crippen LogP contribution in [0.1, 0.15) is 15.9 Å². The summed E-state index contributed by atoms with van der Waals surface area (Å²) in [5, 5.41) is 0. The van der Waals surface area contributed by atoms with E-state index in [1.54, 1.807) is 24.3 Å². The van der Waals surface area contributed by atoms with Gasteiger partial charge in [-0.2, -0.15) is 0 Å². The lowest BCUT2D eigenvalue weighted by molar-refractivity contribution is 0.102. The summed E-state index contributed by atoms with van der Waals surface area (Å²) in [6, 6.07) is 17.3. The lowest BCUT2D eigenvalue weighted by Gasteiger charge is -2.21. The third-order valence-corrected chi connectivity index (χ3v) is 7.94. The molecule has 3 aromatic carbocycles. The molecule has 5 nitrogen and oxygen atoms in total. The normalized spacial score (nSPS) is 15.2. The maximum Gasteiger partial charge on any atom is 0.208 e. The zero-order valence-electron chi connectivity index (χ0n) is 13.3. The minimum Gasteiger partial charge on any atom is -0.288 e. The van der Waals surface area contributed by atoms with Crippen LogP contribution in [0.15, 0.2) is 92.4 Å². The van der Waals surface area contributed by atoms with Gasteiger partial charge in [0.15, 0.2) is 5.78 Å². The molecule has 0 fully saturated rings. The van der Waals surface area contributed by atoms with Gasteiger partial charge in [-0.3, -0.25) is 4.79 Å². The van der Waals surface area contributed by atoms with E-state index in [9.17, 15) is 21.6 Å². The van der Waals surface area contributed by atoms with Crippen LogP contribution in [0.25, 0.3) is 0 Å². The number of sulfone groups is 2. The van der Waals surface area contributed by atoms with Crippen LogP contribution in [0, 0.1) is 0 Å². The summed E-state index contributed by atoms with van der Waals surface area (Å²) in [6.45, 7) is 0. The Morgan fingerprint density at radius 1 is 0.692 bits per heavy atom. The van der Waals surface area contributed by atoms with Crippen molar-refractivity contribution in [3.8, 4) is 0 Å². The summed E-state index contributed by atoms with van der Waals surface area (Å²) in [4.78, 5) is 12.3. The van der Waals surface area contributed by atoms with Crippen molar-refractivity contribution in [1.29, 1.82) is 0 Å². The van der Waals surface area contributed by atoms with E-state index in [0.29, 0.717) is 0 Å². The van der Waals surface area contributed by atoms with Gasteiger partial charge in [0.2, 0.25) is 19.7 Å². The van der Waals surface area contributed by atoms with Crippen LogP contribution in [0.3, 0.4) is 0 Å². The molecule has 130 valence electrons. The van der Waals surface area contributed by atoms with E-state index in [1.165, 1.54) is 48.5 Å². The second-order valence-corrected chi connectivity index (χ2v) is 9.58. The van der Waals surface area contributed by atoms with E-state index in [1.807, 2.05) is 0 Å².